The molecule has 0 bridgehead atoms. The average molecular weight is 211 g/mol. The second kappa shape index (κ2) is 4.98. The van der Waals surface area contributed by atoms with Gasteiger partial charge in [-0.2, -0.15) is 0 Å². The van der Waals surface area contributed by atoms with Crippen LogP contribution in [-0.4, -0.2) is 29.1 Å². The lowest BCUT2D eigenvalue weighted by Gasteiger charge is -2.19. The van der Waals surface area contributed by atoms with Gasteiger partial charge in [-0.1, -0.05) is 6.92 Å². The van der Waals surface area contributed by atoms with Crippen molar-refractivity contribution in [2.24, 2.45) is 0 Å². The Morgan fingerprint density at radius 3 is 2.60 bits per heavy atom. The third kappa shape index (κ3) is 3.09. The number of aryl methyl sites for hydroxylation is 1. The van der Waals surface area contributed by atoms with Crippen LogP contribution in [0.1, 0.15) is 25.4 Å². The smallest absolute Gasteiger partial charge is 0.320 e. The minimum atomic E-state index is -0.820. The first kappa shape index (κ1) is 11.8. The van der Waals surface area contributed by atoms with Crippen LogP contribution in [0, 0.1) is 0 Å². The maximum absolute atomic E-state index is 10.7. The van der Waals surface area contributed by atoms with E-state index < -0.39 is 12.0 Å². The van der Waals surface area contributed by atoms with Crippen LogP contribution in [-0.2, 0) is 17.8 Å². The average Bonchev–Trinajstić information content (AvgIpc) is 2.64. The first-order chi connectivity index (χ1) is 7.04. The number of likely N-dealkylation sites (N-methyl/N-ethyl adjacent to an activating group) is 1. The Morgan fingerprint density at radius 1 is 1.53 bits per heavy atom. The number of furan rings is 1. The van der Waals surface area contributed by atoms with Gasteiger partial charge in [0.25, 0.3) is 0 Å². The van der Waals surface area contributed by atoms with Gasteiger partial charge in [0.2, 0.25) is 0 Å². The molecule has 1 aromatic heterocycles. The number of carboxylic acids is 1. The van der Waals surface area contributed by atoms with Gasteiger partial charge < -0.3 is 9.52 Å². The molecular weight excluding hydrogens is 194 g/mol. The molecule has 15 heavy (non-hydrogen) atoms. The number of aliphatic carboxylic acids is 1. The fourth-order valence-corrected chi connectivity index (χ4v) is 1.27. The van der Waals surface area contributed by atoms with Gasteiger partial charge in [0, 0.05) is 6.42 Å². The molecule has 0 amide bonds. The topological polar surface area (TPSA) is 53.7 Å². The summed E-state index contributed by atoms with van der Waals surface area (Å²) in [6.45, 7) is 4.20. The van der Waals surface area contributed by atoms with Crippen LogP contribution in [0.2, 0.25) is 0 Å². The van der Waals surface area contributed by atoms with Gasteiger partial charge in [-0.05, 0) is 26.1 Å². The molecule has 1 aromatic rings. The monoisotopic (exact) mass is 211 g/mol. The van der Waals surface area contributed by atoms with E-state index in [-0.39, 0.29) is 0 Å². The van der Waals surface area contributed by atoms with E-state index in [1.54, 1.807) is 18.9 Å². The standard InChI is InChI=1S/C11H17NO3/c1-4-9-5-6-10(15-9)7-12(3)8(2)11(13)14/h5-6,8H,4,7H2,1-3H3,(H,13,14). The number of nitrogens with zero attached hydrogens (tertiary/aromatic N) is 1. The van der Waals surface area contributed by atoms with Crippen molar-refractivity contribution in [3.05, 3.63) is 23.7 Å². The zero-order valence-corrected chi connectivity index (χ0v) is 9.36. The second-order valence-electron chi connectivity index (χ2n) is 3.65. The van der Waals surface area contributed by atoms with Gasteiger partial charge in [0.15, 0.2) is 0 Å². The van der Waals surface area contributed by atoms with E-state index in [4.69, 9.17) is 9.52 Å². The van der Waals surface area contributed by atoms with E-state index >= 15 is 0 Å². The van der Waals surface area contributed by atoms with Crippen molar-refractivity contribution in [3.8, 4) is 0 Å². The van der Waals surface area contributed by atoms with Crippen molar-refractivity contribution in [2.75, 3.05) is 7.05 Å². The lowest BCUT2D eigenvalue weighted by atomic mass is 10.3. The summed E-state index contributed by atoms with van der Waals surface area (Å²) >= 11 is 0. The molecule has 0 radical (unpaired) electrons. The van der Waals surface area contributed by atoms with Crippen molar-refractivity contribution >= 4 is 5.97 Å². The molecule has 0 saturated carbocycles. The molecule has 0 aliphatic heterocycles. The fraction of sp³-hybridized carbons (Fsp3) is 0.545. The molecule has 1 unspecified atom stereocenters. The van der Waals surface area contributed by atoms with Gasteiger partial charge in [0.1, 0.15) is 17.6 Å². The molecule has 4 heteroatoms. The molecule has 1 heterocycles. The molecule has 0 aliphatic rings. The van der Waals surface area contributed by atoms with Crippen molar-refractivity contribution < 1.29 is 14.3 Å². The van der Waals surface area contributed by atoms with Gasteiger partial charge >= 0.3 is 5.97 Å². The van der Waals surface area contributed by atoms with E-state index in [0.29, 0.717) is 6.54 Å². The Bertz CT molecular complexity index is 332. The Balaban J connectivity index is 2.57. The lowest BCUT2D eigenvalue weighted by molar-refractivity contribution is -0.142. The highest BCUT2D eigenvalue weighted by Gasteiger charge is 2.17. The first-order valence-corrected chi connectivity index (χ1v) is 5.05. The maximum atomic E-state index is 10.7. The first-order valence-electron chi connectivity index (χ1n) is 5.05. The number of carbonyl (C=O) groups is 1. The minimum Gasteiger partial charge on any atom is -0.480 e. The van der Waals surface area contributed by atoms with E-state index in [0.717, 1.165) is 17.9 Å². The zero-order valence-electron chi connectivity index (χ0n) is 9.36. The molecule has 0 aromatic carbocycles. The van der Waals surface area contributed by atoms with Crippen molar-refractivity contribution in [1.82, 2.24) is 4.90 Å². The Hall–Kier alpha value is -1.29. The summed E-state index contributed by atoms with van der Waals surface area (Å²) in [6, 6.07) is 3.32. The van der Waals surface area contributed by atoms with Crippen LogP contribution in [0.4, 0.5) is 0 Å². The van der Waals surface area contributed by atoms with Crippen LogP contribution in [0.5, 0.6) is 0 Å². The van der Waals surface area contributed by atoms with Gasteiger partial charge in [-0.3, -0.25) is 9.69 Å². The molecule has 0 fully saturated rings. The number of hydrogen-bond acceptors (Lipinski definition) is 3. The van der Waals surface area contributed by atoms with E-state index in [1.807, 2.05) is 19.1 Å². The molecule has 0 saturated heterocycles. The SMILES string of the molecule is CCc1ccc(CN(C)C(C)C(=O)O)o1. The largest absolute Gasteiger partial charge is 0.480 e. The fourth-order valence-electron chi connectivity index (χ4n) is 1.27. The van der Waals surface area contributed by atoms with Crippen molar-refractivity contribution in [3.63, 3.8) is 0 Å². The van der Waals surface area contributed by atoms with Gasteiger partial charge in [-0.15, -0.1) is 0 Å². The van der Waals surface area contributed by atoms with E-state index in [2.05, 4.69) is 0 Å². The lowest BCUT2D eigenvalue weighted by Crippen LogP contribution is -2.35. The number of rotatable bonds is 5. The Kier molecular flexibility index (Phi) is 3.91. The van der Waals surface area contributed by atoms with Crippen LogP contribution in [0.3, 0.4) is 0 Å². The molecule has 0 spiro atoms. The highest BCUT2D eigenvalue weighted by Crippen LogP contribution is 2.11. The van der Waals surface area contributed by atoms with Gasteiger partial charge in [-0.25, -0.2) is 0 Å². The molecule has 4 nitrogen and oxygen atoms in total. The third-order valence-electron chi connectivity index (χ3n) is 2.49. The van der Waals surface area contributed by atoms with Crippen LogP contribution in [0.15, 0.2) is 16.5 Å². The molecular formula is C11H17NO3. The maximum Gasteiger partial charge on any atom is 0.320 e. The van der Waals surface area contributed by atoms with Crippen molar-refractivity contribution in [2.45, 2.75) is 32.9 Å². The highest BCUT2D eigenvalue weighted by atomic mass is 16.4. The summed E-state index contributed by atoms with van der Waals surface area (Å²) in [5.74, 6) is 0.920. The van der Waals surface area contributed by atoms with Crippen LogP contribution in [0.25, 0.3) is 0 Å². The summed E-state index contributed by atoms with van der Waals surface area (Å²) in [4.78, 5) is 12.5. The number of hydrogen-bond donors (Lipinski definition) is 1. The summed E-state index contributed by atoms with van der Waals surface area (Å²) in [5, 5.41) is 8.81. The molecule has 1 N–H and O–H groups in total. The predicted octanol–water partition coefficient (Wildman–Crippen LogP) is 1.75. The third-order valence-corrected chi connectivity index (χ3v) is 2.49. The molecule has 84 valence electrons. The highest BCUT2D eigenvalue weighted by molar-refractivity contribution is 5.72. The summed E-state index contributed by atoms with van der Waals surface area (Å²) in [7, 11) is 1.77. The molecule has 0 aliphatic carbocycles. The van der Waals surface area contributed by atoms with Crippen molar-refractivity contribution in [1.29, 1.82) is 0 Å². The van der Waals surface area contributed by atoms with Gasteiger partial charge in [0.05, 0.1) is 6.54 Å². The Morgan fingerprint density at radius 2 is 2.13 bits per heavy atom. The summed E-state index contributed by atoms with van der Waals surface area (Å²) < 4.78 is 5.50. The van der Waals surface area contributed by atoms with E-state index in [1.165, 1.54) is 0 Å². The minimum absolute atomic E-state index is 0.500. The van der Waals surface area contributed by atoms with Crippen LogP contribution < -0.4 is 0 Å². The normalized spacial score (nSPS) is 13.1. The molecule has 1 rings (SSSR count). The van der Waals surface area contributed by atoms with E-state index in [9.17, 15) is 4.79 Å². The zero-order chi connectivity index (χ0) is 11.4. The second-order valence-corrected chi connectivity index (χ2v) is 3.65. The summed E-state index contributed by atoms with van der Waals surface area (Å²) in [5.41, 5.74) is 0. The quantitative estimate of drug-likeness (QED) is 0.806. The molecule has 1 atom stereocenters. The summed E-state index contributed by atoms with van der Waals surface area (Å²) in [6.07, 6.45) is 0.859. The van der Waals surface area contributed by atoms with Crippen LogP contribution >= 0.6 is 0 Å². The Labute approximate surface area is 89.5 Å². The predicted molar refractivity (Wildman–Crippen MR) is 56.7 cm³/mol. The number of carboxylic acid groups (broad SMARTS) is 1.